The van der Waals surface area contributed by atoms with Crippen LogP contribution >= 0.6 is 15.9 Å². The normalized spacial score (nSPS) is 18.5. The number of amides is 3. The molecule has 6 nitrogen and oxygen atoms in total. The van der Waals surface area contributed by atoms with E-state index >= 15 is 0 Å². The van der Waals surface area contributed by atoms with Gasteiger partial charge in [-0.2, -0.15) is 0 Å². The molecule has 2 aliphatic rings. The largest absolute Gasteiger partial charge is 0.376 e. The Labute approximate surface area is 171 Å². The third-order valence-electron chi connectivity index (χ3n) is 5.07. The van der Waals surface area contributed by atoms with Crippen LogP contribution in [0.4, 0.5) is 5.69 Å². The first-order valence-electron chi connectivity index (χ1n) is 9.13. The molecule has 1 saturated heterocycles. The number of imide groups is 1. The van der Waals surface area contributed by atoms with Gasteiger partial charge < -0.3 is 10.1 Å². The van der Waals surface area contributed by atoms with Gasteiger partial charge in [0.05, 0.1) is 23.8 Å². The lowest BCUT2D eigenvalue weighted by Crippen LogP contribution is -2.36. The molecule has 0 aromatic heterocycles. The van der Waals surface area contributed by atoms with Crippen molar-refractivity contribution in [3.05, 3.63) is 63.1 Å². The minimum absolute atomic E-state index is 0.107. The minimum Gasteiger partial charge on any atom is -0.376 e. The van der Waals surface area contributed by atoms with Crippen LogP contribution in [0.1, 0.15) is 49.5 Å². The van der Waals surface area contributed by atoms with Crippen LogP contribution in [0.3, 0.4) is 0 Å². The van der Waals surface area contributed by atoms with Crippen LogP contribution in [0.15, 0.2) is 40.9 Å². The highest BCUT2D eigenvalue weighted by Crippen LogP contribution is 2.27. The van der Waals surface area contributed by atoms with Gasteiger partial charge in [-0.25, -0.2) is 0 Å². The van der Waals surface area contributed by atoms with Crippen molar-refractivity contribution in [2.75, 3.05) is 18.5 Å². The van der Waals surface area contributed by atoms with E-state index in [0.29, 0.717) is 23.4 Å². The molecule has 2 aromatic carbocycles. The molecule has 7 heteroatoms. The molecule has 2 aromatic rings. The molecule has 1 fully saturated rings. The van der Waals surface area contributed by atoms with Crippen molar-refractivity contribution in [3.63, 3.8) is 0 Å². The molecule has 3 amide bonds. The Balaban J connectivity index is 1.53. The molecule has 1 unspecified atom stereocenters. The summed E-state index contributed by atoms with van der Waals surface area (Å²) >= 11 is 3.44. The fraction of sp³-hybridized carbons (Fsp3) is 0.286. The summed E-state index contributed by atoms with van der Waals surface area (Å²) in [5.74, 6) is -1.04. The van der Waals surface area contributed by atoms with Crippen molar-refractivity contribution in [1.29, 1.82) is 0 Å². The molecule has 1 atom stereocenters. The van der Waals surface area contributed by atoms with E-state index in [1.807, 2.05) is 25.1 Å². The fourth-order valence-electron chi connectivity index (χ4n) is 3.46. The highest BCUT2D eigenvalue weighted by Gasteiger charge is 2.37. The van der Waals surface area contributed by atoms with E-state index in [1.165, 1.54) is 11.0 Å². The van der Waals surface area contributed by atoms with E-state index in [1.54, 1.807) is 12.1 Å². The zero-order valence-electron chi connectivity index (χ0n) is 15.3. The highest BCUT2D eigenvalue weighted by atomic mass is 79.9. The second kappa shape index (κ2) is 7.48. The number of rotatable bonds is 4. The highest BCUT2D eigenvalue weighted by molar-refractivity contribution is 9.10. The lowest BCUT2D eigenvalue weighted by molar-refractivity contribution is 0.0475. The van der Waals surface area contributed by atoms with E-state index in [0.717, 1.165) is 22.9 Å². The van der Waals surface area contributed by atoms with E-state index in [2.05, 4.69) is 21.2 Å². The van der Waals surface area contributed by atoms with Crippen molar-refractivity contribution < 1.29 is 19.1 Å². The predicted molar refractivity (Wildman–Crippen MR) is 108 cm³/mol. The maximum Gasteiger partial charge on any atom is 0.261 e. The Bertz CT molecular complexity index is 982. The first kappa shape index (κ1) is 18.8. The Morgan fingerprint density at radius 1 is 1.18 bits per heavy atom. The number of nitrogens with one attached hydrogen (secondary N) is 1. The molecule has 0 bridgehead atoms. The van der Waals surface area contributed by atoms with E-state index in [9.17, 15) is 14.4 Å². The topological polar surface area (TPSA) is 75.7 Å². The van der Waals surface area contributed by atoms with Crippen LogP contribution in [0.25, 0.3) is 0 Å². The van der Waals surface area contributed by atoms with Gasteiger partial charge in [0, 0.05) is 22.3 Å². The first-order chi connectivity index (χ1) is 13.4. The predicted octanol–water partition coefficient (Wildman–Crippen LogP) is 3.78. The molecule has 28 heavy (non-hydrogen) atoms. The van der Waals surface area contributed by atoms with Gasteiger partial charge in [0.15, 0.2) is 0 Å². The molecule has 4 rings (SSSR count). The van der Waals surface area contributed by atoms with Crippen LogP contribution in [0, 0.1) is 6.92 Å². The molecule has 144 valence electrons. The second-order valence-electron chi connectivity index (χ2n) is 7.03. The van der Waals surface area contributed by atoms with E-state index in [4.69, 9.17) is 4.74 Å². The Hall–Kier alpha value is -2.51. The van der Waals surface area contributed by atoms with Gasteiger partial charge in [0.2, 0.25) is 0 Å². The summed E-state index contributed by atoms with van der Waals surface area (Å²) in [7, 11) is 0. The SMILES string of the molecule is Cc1ccc(NC(=O)c2ccc3c(c2)C(=O)N(CC2CCCO2)C3=O)cc1Br. The third kappa shape index (κ3) is 3.47. The lowest BCUT2D eigenvalue weighted by atomic mass is 10.1. The molecule has 2 heterocycles. The summed E-state index contributed by atoms with van der Waals surface area (Å²) < 4.78 is 6.44. The monoisotopic (exact) mass is 442 g/mol. The van der Waals surface area contributed by atoms with Gasteiger partial charge in [0.25, 0.3) is 17.7 Å². The number of carbonyl (C=O) groups is 3. The Morgan fingerprint density at radius 3 is 2.68 bits per heavy atom. The van der Waals surface area contributed by atoms with Crippen molar-refractivity contribution >= 4 is 39.3 Å². The number of anilines is 1. The number of fused-ring (bicyclic) bond motifs is 1. The molecule has 0 saturated carbocycles. The van der Waals surface area contributed by atoms with Crippen LogP contribution in [-0.4, -0.2) is 41.9 Å². The van der Waals surface area contributed by atoms with Crippen molar-refractivity contribution in [1.82, 2.24) is 4.90 Å². The number of hydrogen-bond donors (Lipinski definition) is 1. The molecule has 1 N–H and O–H groups in total. The van der Waals surface area contributed by atoms with Crippen LogP contribution in [0.2, 0.25) is 0 Å². The molecule has 0 spiro atoms. The quantitative estimate of drug-likeness (QED) is 0.730. The van der Waals surface area contributed by atoms with Gasteiger partial charge in [-0.05, 0) is 55.7 Å². The van der Waals surface area contributed by atoms with Gasteiger partial charge in [0.1, 0.15) is 0 Å². The zero-order valence-corrected chi connectivity index (χ0v) is 16.9. The van der Waals surface area contributed by atoms with E-state index in [-0.39, 0.29) is 35.9 Å². The Kier molecular flexibility index (Phi) is 5.03. The van der Waals surface area contributed by atoms with Crippen LogP contribution in [0.5, 0.6) is 0 Å². The minimum atomic E-state index is -0.372. The maximum absolute atomic E-state index is 12.7. The summed E-state index contributed by atoms with van der Waals surface area (Å²) in [5, 5.41) is 2.81. The summed E-state index contributed by atoms with van der Waals surface area (Å²) in [6.45, 7) is 2.87. The molecule has 2 aliphatic heterocycles. The van der Waals surface area contributed by atoms with Crippen molar-refractivity contribution in [2.24, 2.45) is 0 Å². The number of hydrogen-bond acceptors (Lipinski definition) is 4. The van der Waals surface area contributed by atoms with Crippen LogP contribution < -0.4 is 5.32 Å². The fourth-order valence-corrected chi connectivity index (χ4v) is 3.84. The molecular weight excluding hydrogens is 424 g/mol. The number of benzene rings is 2. The maximum atomic E-state index is 12.7. The average Bonchev–Trinajstić information content (AvgIpc) is 3.28. The summed E-state index contributed by atoms with van der Waals surface area (Å²) in [5.41, 5.74) is 2.63. The third-order valence-corrected chi connectivity index (χ3v) is 5.93. The number of aryl methyl sites for hydroxylation is 1. The summed E-state index contributed by atoms with van der Waals surface area (Å²) in [6, 6.07) is 10.1. The number of ether oxygens (including phenoxy) is 1. The zero-order chi connectivity index (χ0) is 19.8. The smallest absolute Gasteiger partial charge is 0.261 e. The summed E-state index contributed by atoms with van der Waals surface area (Å²) in [4.78, 5) is 39.1. The number of carbonyl (C=O) groups excluding carboxylic acids is 3. The van der Waals surface area contributed by atoms with Gasteiger partial charge in [-0.3, -0.25) is 19.3 Å². The number of halogens is 1. The molecule has 0 radical (unpaired) electrons. The van der Waals surface area contributed by atoms with E-state index < -0.39 is 0 Å². The van der Waals surface area contributed by atoms with Crippen molar-refractivity contribution in [2.45, 2.75) is 25.9 Å². The van der Waals surface area contributed by atoms with Crippen LogP contribution in [-0.2, 0) is 4.74 Å². The number of nitrogens with zero attached hydrogens (tertiary/aromatic N) is 1. The Morgan fingerprint density at radius 2 is 1.96 bits per heavy atom. The average molecular weight is 443 g/mol. The summed E-state index contributed by atoms with van der Waals surface area (Å²) in [6.07, 6.45) is 1.67. The standard InChI is InChI=1S/C21H19BrN2O4/c1-12-4-6-14(10-18(12)22)23-19(25)13-5-7-16-17(9-13)21(27)24(20(16)26)11-15-3-2-8-28-15/h4-7,9-10,15H,2-3,8,11H2,1H3,(H,23,25). The van der Waals surface area contributed by atoms with Crippen molar-refractivity contribution in [3.8, 4) is 0 Å². The lowest BCUT2D eigenvalue weighted by Gasteiger charge is -2.17. The molecule has 0 aliphatic carbocycles. The molecular formula is C21H19BrN2O4. The van der Waals surface area contributed by atoms with Gasteiger partial charge in [-0.1, -0.05) is 22.0 Å². The first-order valence-corrected chi connectivity index (χ1v) is 9.92. The second-order valence-corrected chi connectivity index (χ2v) is 7.89. The van der Waals surface area contributed by atoms with Gasteiger partial charge >= 0.3 is 0 Å². The van der Waals surface area contributed by atoms with Gasteiger partial charge in [-0.15, -0.1) is 0 Å².